The van der Waals surface area contributed by atoms with E-state index in [1.807, 2.05) is 0 Å². The van der Waals surface area contributed by atoms with Crippen molar-refractivity contribution in [2.45, 2.75) is 0 Å². The van der Waals surface area contributed by atoms with Crippen LogP contribution >= 0.6 is 67.8 Å². The number of benzene rings is 1. The maximum atomic E-state index is 12.9. The van der Waals surface area contributed by atoms with Gasteiger partial charge in [0.15, 0.2) is 42.2 Å². The molecule has 27 heavy (non-hydrogen) atoms. The van der Waals surface area contributed by atoms with E-state index in [0.717, 1.165) is 9.46 Å². The lowest BCUT2D eigenvalue weighted by atomic mass is 10.3. The quantitative estimate of drug-likeness (QED) is 0.117. The number of hydrogen-bond donors (Lipinski definition) is 0. The van der Waals surface area contributed by atoms with Gasteiger partial charge in [-0.1, -0.05) is 12.1 Å². The summed E-state index contributed by atoms with van der Waals surface area (Å²) < 4.78 is 39.8. The Labute approximate surface area is 194 Å². The Hall–Kier alpha value is -0.940. The van der Waals surface area contributed by atoms with Crippen molar-refractivity contribution in [1.29, 1.82) is 0 Å². The van der Waals surface area contributed by atoms with Gasteiger partial charge in [0.25, 0.3) is 0 Å². The van der Waals surface area contributed by atoms with E-state index in [2.05, 4.69) is 0 Å². The third-order valence-electron chi connectivity index (χ3n) is 2.53. The van der Waals surface area contributed by atoms with Crippen molar-refractivity contribution in [3.8, 4) is 0 Å². The summed E-state index contributed by atoms with van der Waals surface area (Å²) in [6, 6.07) is 10.4. The van der Waals surface area contributed by atoms with Gasteiger partial charge in [-0.25, -0.2) is 13.2 Å². The average molecular weight is 718 g/mol. The van der Waals surface area contributed by atoms with E-state index in [-0.39, 0.29) is 16.2 Å². The topological polar surface area (TPSA) is 85.4 Å². The molecule has 0 bridgehead atoms. The van der Waals surface area contributed by atoms with Crippen LogP contribution in [0, 0.1) is 38.6 Å². The van der Waals surface area contributed by atoms with Crippen molar-refractivity contribution in [2.24, 2.45) is 0 Å². The number of aromatic nitrogens is 2. The van der Waals surface area contributed by atoms with Gasteiger partial charge in [-0.15, -0.1) is 0 Å². The molecule has 0 aliphatic heterocycles. The molecule has 0 fully saturated rings. The van der Waals surface area contributed by atoms with Gasteiger partial charge in [0.2, 0.25) is 0 Å². The second-order valence-corrected chi connectivity index (χ2v) is 7.59. The largest absolute Gasteiger partial charge is 0.619 e. The van der Waals surface area contributed by atoms with Crippen LogP contribution in [0.5, 0.6) is 0 Å². The number of pyridine rings is 2. The molecule has 0 spiro atoms. The number of halogens is 6. The van der Waals surface area contributed by atoms with E-state index in [1.54, 1.807) is 36.4 Å². The first-order valence-electron chi connectivity index (χ1n) is 6.70. The predicted octanol–water partition coefficient (Wildman–Crippen LogP) is 3.73. The Balaban J connectivity index is 0.000000390. The first kappa shape index (κ1) is 26.1. The van der Waals surface area contributed by atoms with Gasteiger partial charge >= 0.3 is 0 Å². The van der Waals surface area contributed by atoms with Gasteiger partial charge in [0.1, 0.15) is 0 Å². The first-order valence-corrected chi connectivity index (χ1v) is 9.93. The van der Waals surface area contributed by atoms with Crippen LogP contribution in [0.1, 0.15) is 0 Å². The highest BCUT2D eigenvalue weighted by Gasteiger charge is 2.20. The van der Waals surface area contributed by atoms with Crippen LogP contribution in [0.25, 0.3) is 0 Å². The number of hydrogen-bond acceptors (Lipinski definition) is 2. The molecule has 0 radical (unpaired) electrons. The molecule has 5 nitrogen and oxygen atoms in total. The van der Waals surface area contributed by atoms with Crippen LogP contribution in [-0.2, 0) is 0 Å². The molecule has 11 heteroatoms. The molecule has 0 amide bonds. The van der Waals surface area contributed by atoms with E-state index >= 15 is 0 Å². The van der Waals surface area contributed by atoms with Crippen molar-refractivity contribution in [1.82, 2.24) is 0 Å². The van der Waals surface area contributed by atoms with E-state index < -0.39 is 17.5 Å². The van der Waals surface area contributed by atoms with E-state index in [4.69, 9.17) is 0 Å². The summed E-state index contributed by atoms with van der Waals surface area (Å²) in [6.07, 6.45) is 5.78. The zero-order chi connectivity index (χ0) is 19.7. The highest BCUT2D eigenvalue weighted by atomic mass is 127. The van der Waals surface area contributed by atoms with Gasteiger partial charge in [-0.2, -0.15) is 9.46 Å². The SMILES string of the molecule is Fc1c(I)c(F)c(I)c(F)c1I.O.[O-][n+]1ccccc1.[O-][n+]1ccccc1. The smallest absolute Gasteiger partial charge is 0.180 e. The lowest BCUT2D eigenvalue weighted by Crippen LogP contribution is -2.22. The molecule has 3 rings (SSSR count). The normalized spacial score (nSPS) is 9.11. The average Bonchev–Trinajstić information content (AvgIpc) is 2.65. The molecular formula is C16H12F3I3N2O3. The Kier molecular flexibility index (Phi) is 12.8. The van der Waals surface area contributed by atoms with Gasteiger partial charge in [0, 0.05) is 24.3 Å². The van der Waals surface area contributed by atoms with Crippen molar-refractivity contribution in [2.75, 3.05) is 0 Å². The molecular weight excluding hydrogens is 706 g/mol. The molecule has 2 heterocycles. The molecule has 1 aromatic carbocycles. The summed E-state index contributed by atoms with van der Waals surface area (Å²) in [7, 11) is 0. The Bertz CT molecular complexity index is 702. The van der Waals surface area contributed by atoms with Gasteiger partial charge in [-0.3, -0.25) is 0 Å². The molecule has 0 saturated heterocycles. The summed E-state index contributed by atoms with van der Waals surface area (Å²) >= 11 is 4.53. The summed E-state index contributed by atoms with van der Waals surface area (Å²) in [6.45, 7) is 0. The van der Waals surface area contributed by atoms with Gasteiger partial charge < -0.3 is 15.9 Å². The zero-order valence-electron chi connectivity index (χ0n) is 13.3. The fourth-order valence-corrected chi connectivity index (χ4v) is 4.51. The standard InChI is InChI=1S/C6F3I3.2C5H5NO.H2O/c7-1-4(10)2(8)6(12)3(9)5(1)11;2*7-6-4-2-1-3-5-6;/h;2*1-5H;1H2. The maximum absolute atomic E-state index is 12.9. The van der Waals surface area contributed by atoms with Crippen molar-refractivity contribution in [3.63, 3.8) is 0 Å². The van der Waals surface area contributed by atoms with Crippen LogP contribution < -0.4 is 9.46 Å². The maximum Gasteiger partial charge on any atom is 0.180 e. The summed E-state index contributed by atoms with van der Waals surface area (Å²) in [5.41, 5.74) is 0. The van der Waals surface area contributed by atoms with Crippen LogP contribution in [0.3, 0.4) is 0 Å². The van der Waals surface area contributed by atoms with Crippen LogP contribution in [-0.4, -0.2) is 5.48 Å². The zero-order valence-corrected chi connectivity index (χ0v) is 19.7. The third-order valence-corrected chi connectivity index (χ3v) is 5.37. The molecule has 0 unspecified atom stereocenters. The molecule has 3 aromatic rings. The third kappa shape index (κ3) is 8.73. The molecule has 0 saturated carbocycles. The van der Waals surface area contributed by atoms with Crippen molar-refractivity contribution in [3.05, 3.63) is 99.8 Å². The lowest BCUT2D eigenvalue weighted by molar-refractivity contribution is -0.605. The molecule has 2 aromatic heterocycles. The molecule has 0 aliphatic rings. The Morgan fingerprint density at radius 2 is 0.778 bits per heavy atom. The number of rotatable bonds is 0. The minimum Gasteiger partial charge on any atom is -0.619 e. The highest BCUT2D eigenvalue weighted by molar-refractivity contribution is 14.1. The minimum atomic E-state index is -0.827. The van der Waals surface area contributed by atoms with Gasteiger partial charge in [0.05, 0.1) is 10.7 Å². The second-order valence-electron chi connectivity index (χ2n) is 4.35. The number of nitrogens with zero attached hydrogens (tertiary/aromatic N) is 2. The van der Waals surface area contributed by atoms with Gasteiger partial charge in [-0.05, 0) is 67.8 Å². The van der Waals surface area contributed by atoms with Crippen LogP contribution in [0.15, 0.2) is 61.2 Å². The monoisotopic (exact) mass is 718 g/mol. The predicted molar refractivity (Wildman–Crippen MR) is 119 cm³/mol. The highest BCUT2D eigenvalue weighted by Crippen LogP contribution is 2.28. The first-order chi connectivity index (χ1) is 12.3. The fraction of sp³-hybridized carbons (Fsp3) is 0. The Morgan fingerprint density at radius 3 is 0.926 bits per heavy atom. The molecule has 146 valence electrons. The fourth-order valence-electron chi connectivity index (χ4n) is 1.34. The van der Waals surface area contributed by atoms with E-state index in [0.29, 0.717) is 0 Å². The lowest BCUT2D eigenvalue weighted by Gasteiger charge is -2.03. The minimum absolute atomic E-state index is 0. The van der Waals surface area contributed by atoms with E-state index in [1.165, 1.54) is 92.6 Å². The molecule has 2 N–H and O–H groups in total. The molecule has 0 atom stereocenters. The van der Waals surface area contributed by atoms with E-state index in [9.17, 15) is 23.6 Å². The van der Waals surface area contributed by atoms with Crippen LogP contribution in [0.4, 0.5) is 13.2 Å². The van der Waals surface area contributed by atoms with Crippen LogP contribution in [0.2, 0.25) is 0 Å². The molecule has 0 aliphatic carbocycles. The summed E-state index contributed by atoms with van der Waals surface area (Å²) in [5, 5.41) is 20.4. The van der Waals surface area contributed by atoms with Crippen molar-refractivity contribution >= 4 is 67.8 Å². The summed E-state index contributed by atoms with van der Waals surface area (Å²) in [5.74, 6) is -2.48. The van der Waals surface area contributed by atoms with Crippen molar-refractivity contribution < 1.29 is 28.1 Å². The second kappa shape index (κ2) is 13.3. The summed E-state index contributed by atoms with van der Waals surface area (Å²) in [4.78, 5) is 0. The Morgan fingerprint density at radius 1 is 0.556 bits per heavy atom.